The van der Waals surface area contributed by atoms with Crippen molar-refractivity contribution in [1.82, 2.24) is 9.55 Å². The Hall–Kier alpha value is -0.805. The fourth-order valence-corrected chi connectivity index (χ4v) is 2.62. The van der Waals surface area contributed by atoms with Crippen LogP contribution in [0, 0.1) is 6.92 Å². The monoisotopic (exact) mass is 262 g/mol. The fraction of sp³-hybridized carbons (Fsp3) is 0.786. The summed E-state index contributed by atoms with van der Waals surface area (Å²) in [6.07, 6.45) is 5.97. The maximum absolute atomic E-state index is 6.05. The summed E-state index contributed by atoms with van der Waals surface area (Å²) < 4.78 is 14.4. The standard InChI is InChI=1S/C14H23BN2O2/c1-10-16-12(9-17(10)11-7-6-8-11)15-18-13(2,3)14(4,5)19-15/h9,11H,6-8H2,1-5H3. The van der Waals surface area contributed by atoms with E-state index < -0.39 is 0 Å². The van der Waals surface area contributed by atoms with Crippen LogP contribution in [0.2, 0.25) is 0 Å². The Kier molecular flexibility index (Phi) is 2.84. The van der Waals surface area contributed by atoms with E-state index in [0.717, 1.165) is 11.4 Å². The summed E-state index contributed by atoms with van der Waals surface area (Å²) in [5.41, 5.74) is 0.306. The predicted molar refractivity (Wildman–Crippen MR) is 75.6 cm³/mol. The summed E-state index contributed by atoms with van der Waals surface area (Å²) >= 11 is 0. The molecule has 2 heterocycles. The zero-order valence-electron chi connectivity index (χ0n) is 12.6. The van der Waals surface area contributed by atoms with E-state index in [1.54, 1.807) is 0 Å². The molecule has 3 rings (SSSR count). The van der Waals surface area contributed by atoms with Gasteiger partial charge < -0.3 is 13.9 Å². The second-order valence-corrected chi connectivity index (χ2v) is 6.79. The van der Waals surface area contributed by atoms with E-state index in [4.69, 9.17) is 9.31 Å². The van der Waals surface area contributed by atoms with Gasteiger partial charge in [-0.25, -0.2) is 4.98 Å². The van der Waals surface area contributed by atoms with E-state index in [1.807, 2.05) is 0 Å². The minimum atomic E-state index is -0.343. The third-order valence-corrected chi connectivity index (χ3v) is 4.90. The molecule has 19 heavy (non-hydrogen) atoms. The number of rotatable bonds is 2. The summed E-state index contributed by atoms with van der Waals surface area (Å²) in [6.45, 7) is 10.4. The first-order valence-electron chi connectivity index (χ1n) is 7.21. The van der Waals surface area contributed by atoms with Gasteiger partial charge in [0.25, 0.3) is 0 Å². The molecular weight excluding hydrogens is 239 g/mol. The third-order valence-electron chi connectivity index (χ3n) is 4.90. The molecule has 1 saturated carbocycles. The van der Waals surface area contributed by atoms with Gasteiger partial charge in [0.05, 0.1) is 16.8 Å². The van der Waals surface area contributed by atoms with Crippen LogP contribution in [0.1, 0.15) is 58.8 Å². The van der Waals surface area contributed by atoms with Crippen LogP contribution < -0.4 is 5.59 Å². The number of nitrogens with zero attached hydrogens (tertiary/aromatic N) is 2. The lowest BCUT2D eigenvalue weighted by molar-refractivity contribution is 0.00578. The molecule has 0 aromatic carbocycles. The molecule has 0 atom stereocenters. The minimum Gasteiger partial charge on any atom is -0.398 e. The molecule has 1 saturated heterocycles. The van der Waals surface area contributed by atoms with Crippen molar-refractivity contribution in [2.24, 2.45) is 0 Å². The maximum atomic E-state index is 6.05. The van der Waals surface area contributed by atoms with Gasteiger partial charge in [-0.2, -0.15) is 0 Å². The zero-order chi connectivity index (χ0) is 13.8. The summed E-state index contributed by atoms with van der Waals surface area (Å²) in [4.78, 5) is 4.64. The highest BCUT2D eigenvalue weighted by molar-refractivity contribution is 6.61. The van der Waals surface area contributed by atoms with E-state index in [-0.39, 0.29) is 18.3 Å². The predicted octanol–water partition coefficient (Wildman–Crippen LogP) is 2.22. The Morgan fingerprint density at radius 2 is 1.79 bits per heavy atom. The summed E-state index contributed by atoms with van der Waals surface area (Å²) in [5.74, 6) is 1.06. The number of hydrogen-bond acceptors (Lipinski definition) is 3. The largest absolute Gasteiger partial charge is 0.516 e. The second-order valence-electron chi connectivity index (χ2n) is 6.79. The Bertz CT molecular complexity index is 476. The molecule has 1 aliphatic carbocycles. The van der Waals surface area contributed by atoms with Gasteiger partial charge in [-0.1, -0.05) is 0 Å². The molecule has 2 aliphatic rings. The van der Waals surface area contributed by atoms with Gasteiger partial charge in [0.1, 0.15) is 5.82 Å². The quantitative estimate of drug-likeness (QED) is 0.767. The van der Waals surface area contributed by atoms with E-state index in [9.17, 15) is 0 Å². The van der Waals surface area contributed by atoms with Crippen LogP contribution in [0.25, 0.3) is 0 Å². The Balaban J connectivity index is 1.84. The maximum Gasteiger partial charge on any atom is 0.516 e. The van der Waals surface area contributed by atoms with E-state index in [1.165, 1.54) is 19.3 Å². The lowest BCUT2D eigenvalue weighted by Crippen LogP contribution is -2.41. The zero-order valence-corrected chi connectivity index (χ0v) is 12.6. The number of aromatic nitrogens is 2. The topological polar surface area (TPSA) is 36.3 Å². The summed E-state index contributed by atoms with van der Waals surface area (Å²) in [5, 5.41) is 0. The molecule has 104 valence electrons. The molecule has 0 radical (unpaired) electrons. The smallest absolute Gasteiger partial charge is 0.398 e. The Morgan fingerprint density at radius 1 is 1.21 bits per heavy atom. The van der Waals surface area contributed by atoms with Crippen molar-refractivity contribution in [1.29, 1.82) is 0 Å². The van der Waals surface area contributed by atoms with Crippen molar-refractivity contribution in [3.8, 4) is 0 Å². The molecule has 2 fully saturated rings. The van der Waals surface area contributed by atoms with Crippen LogP contribution in [-0.4, -0.2) is 27.9 Å². The first-order chi connectivity index (χ1) is 8.80. The molecule has 0 amide bonds. The third kappa shape index (κ3) is 2.03. The SMILES string of the molecule is Cc1nc(B2OC(C)(C)C(C)(C)O2)cn1C1CCC1. The highest BCUT2D eigenvalue weighted by Crippen LogP contribution is 2.37. The van der Waals surface area contributed by atoms with Crippen molar-refractivity contribution in [2.75, 3.05) is 0 Å². The molecule has 1 aromatic heterocycles. The normalized spacial score (nSPS) is 25.6. The molecular formula is C14H23BN2O2. The molecule has 0 N–H and O–H groups in total. The number of hydrogen-bond donors (Lipinski definition) is 0. The molecule has 1 aromatic rings. The minimum absolute atomic E-state index is 0.300. The fourth-order valence-electron chi connectivity index (χ4n) is 2.62. The van der Waals surface area contributed by atoms with Gasteiger partial charge in [-0.3, -0.25) is 0 Å². The summed E-state index contributed by atoms with van der Waals surface area (Å²) in [7, 11) is -0.343. The van der Waals surface area contributed by atoms with Crippen LogP contribution in [0.5, 0.6) is 0 Å². The Morgan fingerprint density at radius 3 is 2.26 bits per heavy atom. The molecule has 5 heteroatoms. The summed E-state index contributed by atoms with van der Waals surface area (Å²) in [6, 6.07) is 0.628. The lowest BCUT2D eigenvalue weighted by Gasteiger charge is -2.32. The van der Waals surface area contributed by atoms with Crippen LogP contribution >= 0.6 is 0 Å². The van der Waals surface area contributed by atoms with Gasteiger partial charge in [0.15, 0.2) is 0 Å². The lowest BCUT2D eigenvalue weighted by atomic mass is 9.85. The highest BCUT2D eigenvalue weighted by Gasteiger charge is 2.52. The van der Waals surface area contributed by atoms with Gasteiger partial charge in [0.2, 0.25) is 0 Å². The molecule has 1 aliphatic heterocycles. The highest BCUT2D eigenvalue weighted by atomic mass is 16.7. The van der Waals surface area contributed by atoms with E-state index >= 15 is 0 Å². The average molecular weight is 262 g/mol. The van der Waals surface area contributed by atoms with Gasteiger partial charge in [0, 0.05) is 12.2 Å². The van der Waals surface area contributed by atoms with Crippen molar-refractivity contribution < 1.29 is 9.31 Å². The van der Waals surface area contributed by atoms with E-state index in [0.29, 0.717) is 6.04 Å². The second kappa shape index (κ2) is 4.09. The van der Waals surface area contributed by atoms with Crippen molar-refractivity contribution in [3.63, 3.8) is 0 Å². The van der Waals surface area contributed by atoms with Crippen LogP contribution in [0.15, 0.2) is 6.20 Å². The van der Waals surface area contributed by atoms with Crippen LogP contribution in [0.3, 0.4) is 0 Å². The van der Waals surface area contributed by atoms with Gasteiger partial charge >= 0.3 is 7.12 Å². The average Bonchev–Trinajstić information content (AvgIpc) is 2.65. The first kappa shape index (κ1) is 13.2. The van der Waals surface area contributed by atoms with Crippen molar-refractivity contribution in [2.45, 2.75) is 71.1 Å². The van der Waals surface area contributed by atoms with Crippen molar-refractivity contribution in [3.05, 3.63) is 12.0 Å². The Labute approximate surface area is 115 Å². The van der Waals surface area contributed by atoms with Gasteiger partial charge in [-0.15, -0.1) is 0 Å². The number of aryl methyl sites for hydroxylation is 1. The first-order valence-corrected chi connectivity index (χ1v) is 7.21. The molecule has 0 spiro atoms. The van der Waals surface area contributed by atoms with Crippen molar-refractivity contribution >= 4 is 12.7 Å². The van der Waals surface area contributed by atoms with Crippen LogP contribution in [0.4, 0.5) is 0 Å². The number of imidazole rings is 1. The van der Waals surface area contributed by atoms with E-state index in [2.05, 4.69) is 50.4 Å². The molecule has 0 unspecified atom stereocenters. The van der Waals surface area contributed by atoms with Gasteiger partial charge in [-0.05, 0) is 53.9 Å². The molecule has 4 nitrogen and oxygen atoms in total. The van der Waals surface area contributed by atoms with Crippen LogP contribution in [-0.2, 0) is 9.31 Å². The molecule has 0 bridgehead atoms.